The van der Waals surface area contributed by atoms with E-state index in [1.165, 1.54) is 6.33 Å². The van der Waals surface area contributed by atoms with E-state index in [4.69, 9.17) is 13.8 Å². The van der Waals surface area contributed by atoms with Crippen LogP contribution in [-0.2, 0) is 24.8 Å². The van der Waals surface area contributed by atoms with Gasteiger partial charge in [0.15, 0.2) is 5.82 Å². The molecule has 2 heterocycles. The Morgan fingerprint density at radius 3 is 2.70 bits per heavy atom. The van der Waals surface area contributed by atoms with Crippen LogP contribution in [0.3, 0.4) is 0 Å². The van der Waals surface area contributed by atoms with E-state index in [1.54, 1.807) is 13.8 Å². The molecule has 0 aliphatic rings. The summed E-state index contributed by atoms with van der Waals surface area (Å²) in [5.74, 6) is 0.755. The molecule has 0 aliphatic carbocycles. The fraction of sp³-hybridized carbons (Fsp3) is 0.538. The van der Waals surface area contributed by atoms with E-state index in [0.717, 1.165) is 17.0 Å². The van der Waals surface area contributed by atoms with Gasteiger partial charge in [0.1, 0.15) is 18.2 Å². The molecule has 1 N–H and O–H groups in total. The molecule has 8 nitrogen and oxygen atoms in total. The summed E-state index contributed by atoms with van der Waals surface area (Å²) in [6.45, 7) is 4.60. The standard InChI is InChI=1S/C13H20IN4O4P/c1-3-21-23(19,22-4-2)10-20-8-7-11-5-6-12-13(17-14)15-9-16-18(11)12/h5-6,9H,3-4,7-8,10H2,1-2H3,(H,15,16,17). The first kappa shape index (κ1) is 18.6. The Balaban J connectivity index is 1.93. The van der Waals surface area contributed by atoms with Crippen molar-refractivity contribution in [2.24, 2.45) is 0 Å². The van der Waals surface area contributed by atoms with E-state index in [9.17, 15) is 4.57 Å². The lowest BCUT2D eigenvalue weighted by Gasteiger charge is -2.16. The zero-order valence-corrected chi connectivity index (χ0v) is 16.1. The number of hydrogen-bond acceptors (Lipinski definition) is 7. The number of nitrogens with zero attached hydrogens (tertiary/aromatic N) is 3. The second-order valence-electron chi connectivity index (χ2n) is 4.56. The highest BCUT2D eigenvalue weighted by Gasteiger charge is 2.23. The van der Waals surface area contributed by atoms with Crippen LogP contribution in [0.1, 0.15) is 19.5 Å². The lowest BCUT2D eigenvalue weighted by molar-refractivity contribution is 0.133. The molecule has 2 rings (SSSR count). The highest BCUT2D eigenvalue weighted by molar-refractivity contribution is 14.1. The van der Waals surface area contributed by atoms with Crippen molar-refractivity contribution in [1.82, 2.24) is 14.6 Å². The van der Waals surface area contributed by atoms with Gasteiger partial charge < -0.3 is 17.3 Å². The lowest BCUT2D eigenvalue weighted by atomic mass is 10.3. The minimum absolute atomic E-state index is 0.0481. The molecule has 0 amide bonds. The van der Waals surface area contributed by atoms with Gasteiger partial charge in [0, 0.05) is 12.1 Å². The zero-order valence-electron chi connectivity index (χ0n) is 13.1. The van der Waals surface area contributed by atoms with Gasteiger partial charge in [-0.25, -0.2) is 9.50 Å². The Kier molecular flexibility index (Phi) is 7.22. The van der Waals surface area contributed by atoms with Crippen molar-refractivity contribution in [3.63, 3.8) is 0 Å². The van der Waals surface area contributed by atoms with Gasteiger partial charge in [0.2, 0.25) is 0 Å². The van der Waals surface area contributed by atoms with Crippen molar-refractivity contribution in [3.8, 4) is 0 Å². The highest BCUT2D eigenvalue weighted by atomic mass is 127. The third kappa shape index (κ3) is 4.87. The molecule has 23 heavy (non-hydrogen) atoms. The monoisotopic (exact) mass is 454 g/mol. The Hall–Kier alpha value is -0.740. The number of hydrogen-bond donors (Lipinski definition) is 1. The summed E-state index contributed by atoms with van der Waals surface area (Å²) >= 11 is 2.03. The van der Waals surface area contributed by atoms with Crippen LogP contribution in [0.5, 0.6) is 0 Å². The average Bonchev–Trinajstić information content (AvgIpc) is 2.95. The number of ether oxygens (including phenoxy) is 1. The molecule has 0 bridgehead atoms. The van der Waals surface area contributed by atoms with Gasteiger partial charge in [-0.1, -0.05) is 0 Å². The van der Waals surface area contributed by atoms with Crippen LogP contribution < -0.4 is 3.53 Å². The van der Waals surface area contributed by atoms with Crippen LogP contribution in [0.4, 0.5) is 5.82 Å². The summed E-state index contributed by atoms with van der Waals surface area (Å²) < 4.78 is 32.9. The van der Waals surface area contributed by atoms with Crippen molar-refractivity contribution >= 4 is 41.8 Å². The van der Waals surface area contributed by atoms with Gasteiger partial charge in [-0.05, 0) is 26.0 Å². The highest BCUT2D eigenvalue weighted by Crippen LogP contribution is 2.47. The second-order valence-corrected chi connectivity index (χ2v) is 7.09. The summed E-state index contributed by atoms with van der Waals surface area (Å²) in [6.07, 6.45) is 2.08. The second kappa shape index (κ2) is 8.93. The third-order valence-electron chi connectivity index (χ3n) is 3.02. The van der Waals surface area contributed by atoms with E-state index >= 15 is 0 Å². The first-order chi connectivity index (χ1) is 11.1. The van der Waals surface area contributed by atoms with Crippen molar-refractivity contribution in [3.05, 3.63) is 24.2 Å². The fourth-order valence-corrected chi connectivity index (χ4v) is 3.89. The van der Waals surface area contributed by atoms with Crippen LogP contribution in [0.15, 0.2) is 18.5 Å². The SMILES string of the molecule is CCOP(=O)(COCCc1ccc2c(NI)ncnn12)OCC. The van der Waals surface area contributed by atoms with E-state index < -0.39 is 7.60 Å². The minimum atomic E-state index is -3.15. The van der Waals surface area contributed by atoms with Gasteiger partial charge in [-0.3, -0.25) is 4.57 Å². The van der Waals surface area contributed by atoms with Crippen LogP contribution in [0.25, 0.3) is 5.52 Å². The predicted molar refractivity (Wildman–Crippen MR) is 96.0 cm³/mol. The lowest BCUT2D eigenvalue weighted by Crippen LogP contribution is -2.08. The molecule has 0 saturated heterocycles. The fourth-order valence-electron chi connectivity index (χ4n) is 2.11. The molecular formula is C13H20IN4O4P. The maximum atomic E-state index is 12.3. The van der Waals surface area contributed by atoms with Gasteiger partial charge in [0.05, 0.1) is 42.7 Å². The third-order valence-corrected chi connectivity index (χ3v) is 5.34. The summed E-state index contributed by atoms with van der Waals surface area (Å²) in [4.78, 5) is 4.16. The first-order valence-corrected chi connectivity index (χ1v) is 10.1. The quantitative estimate of drug-likeness (QED) is 0.255. The van der Waals surface area contributed by atoms with Crippen molar-refractivity contribution in [2.75, 3.05) is 29.7 Å². The maximum Gasteiger partial charge on any atom is 0.356 e. The molecule has 0 radical (unpaired) electrons. The average molecular weight is 454 g/mol. The summed E-state index contributed by atoms with van der Waals surface area (Å²) in [5.41, 5.74) is 1.88. The number of halogens is 1. The summed E-state index contributed by atoms with van der Waals surface area (Å²) in [6, 6.07) is 3.91. The Morgan fingerprint density at radius 1 is 1.30 bits per heavy atom. The number of fused-ring (bicyclic) bond motifs is 1. The van der Waals surface area contributed by atoms with Crippen LogP contribution in [-0.4, -0.2) is 40.8 Å². The summed E-state index contributed by atoms with van der Waals surface area (Å²) in [5, 5.41) is 4.24. The molecule has 0 unspecified atom stereocenters. The molecule has 0 aliphatic heterocycles. The first-order valence-electron chi connectivity index (χ1n) is 7.27. The molecule has 0 saturated carbocycles. The van der Waals surface area contributed by atoms with Crippen molar-refractivity contribution < 1.29 is 18.3 Å². The molecule has 0 spiro atoms. The van der Waals surface area contributed by atoms with E-state index in [0.29, 0.717) is 26.2 Å². The molecule has 0 atom stereocenters. The molecule has 10 heteroatoms. The minimum Gasteiger partial charge on any atom is -0.368 e. The number of rotatable bonds is 10. The molecule has 0 aromatic carbocycles. The van der Waals surface area contributed by atoms with Gasteiger partial charge in [-0.2, -0.15) is 5.10 Å². The number of anilines is 1. The number of nitrogens with one attached hydrogen (secondary N) is 1. The normalized spacial score (nSPS) is 12.0. The Labute approximate surface area is 148 Å². The Morgan fingerprint density at radius 2 is 2.04 bits per heavy atom. The zero-order chi connectivity index (χ0) is 16.7. The smallest absolute Gasteiger partial charge is 0.356 e. The number of aromatic nitrogens is 3. The van der Waals surface area contributed by atoms with Crippen LogP contribution >= 0.6 is 30.5 Å². The predicted octanol–water partition coefficient (Wildman–Crippen LogP) is 3.27. The molecular weight excluding hydrogens is 434 g/mol. The van der Waals surface area contributed by atoms with Gasteiger partial charge in [0.25, 0.3) is 0 Å². The van der Waals surface area contributed by atoms with E-state index in [-0.39, 0.29) is 6.35 Å². The molecule has 2 aromatic heterocycles. The van der Waals surface area contributed by atoms with Gasteiger partial charge in [-0.15, -0.1) is 0 Å². The van der Waals surface area contributed by atoms with E-state index in [1.807, 2.05) is 39.5 Å². The molecule has 128 valence electrons. The van der Waals surface area contributed by atoms with Crippen LogP contribution in [0, 0.1) is 0 Å². The van der Waals surface area contributed by atoms with Crippen molar-refractivity contribution in [1.29, 1.82) is 0 Å². The Bertz CT molecular complexity index is 671. The molecule has 0 fully saturated rings. The van der Waals surface area contributed by atoms with Gasteiger partial charge >= 0.3 is 7.60 Å². The van der Waals surface area contributed by atoms with Crippen molar-refractivity contribution in [2.45, 2.75) is 20.3 Å². The van der Waals surface area contributed by atoms with E-state index in [2.05, 4.69) is 13.6 Å². The summed E-state index contributed by atoms with van der Waals surface area (Å²) in [7, 11) is -3.15. The molecule has 2 aromatic rings. The van der Waals surface area contributed by atoms with Crippen LogP contribution in [0.2, 0.25) is 0 Å². The largest absolute Gasteiger partial charge is 0.368 e. The topological polar surface area (TPSA) is 87.0 Å². The maximum absolute atomic E-state index is 12.3.